The number of nitrogens with zero attached hydrogens (tertiary/aromatic N) is 2. The molecule has 0 saturated heterocycles. The summed E-state index contributed by atoms with van der Waals surface area (Å²) < 4.78 is 0. The summed E-state index contributed by atoms with van der Waals surface area (Å²) in [7, 11) is 0. The van der Waals surface area contributed by atoms with Gasteiger partial charge in [0.25, 0.3) is 0 Å². The van der Waals surface area contributed by atoms with E-state index in [2.05, 4.69) is 60.4 Å². The second-order valence-corrected chi connectivity index (χ2v) is 9.49. The summed E-state index contributed by atoms with van der Waals surface area (Å²) in [6.45, 7) is 4.56. The van der Waals surface area contributed by atoms with Crippen molar-refractivity contribution >= 4 is 0 Å². The van der Waals surface area contributed by atoms with Crippen molar-refractivity contribution in [3.63, 3.8) is 0 Å². The van der Waals surface area contributed by atoms with Crippen molar-refractivity contribution in [2.24, 2.45) is 11.8 Å². The number of unbranched alkanes of at least 4 members (excludes halogenated alkanes) is 4. The van der Waals surface area contributed by atoms with E-state index in [-0.39, 0.29) is 0 Å². The first-order chi connectivity index (χ1) is 14.8. The van der Waals surface area contributed by atoms with Gasteiger partial charge in [0.15, 0.2) is 0 Å². The largest absolute Gasteiger partial charge is 0.155 e. The van der Waals surface area contributed by atoms with Gasteiger partial charge in [-0.05, 0) is 55.2 Å². The van der Waals surface area contributed by atoms with Crippen LogP contribution in [-0.2, 0) is 12.8 Å². The van der Waals surface area contributed by atoms with Gasteiger partial charge in [-0.1, -0.05) is 102 Å². The molecule has 0 unspecified atom stereocenters. The van der Waals surface area contributed by atoms with Crippen LogP contribution in [0.1, 0.15) is 102 Å². The van der Waals surface area contributed by atoms with Crippen LogP contribution in [0, 0.1) is 11.8 Å². The van der Waals surface area contributed by atoms with Crippen LogP contribution in [0.2, 0.25) is 0 Å². The lowest BCUT2D eigenvalue weighted by Crippen LogP contribution is -2.15. The van der Waals surface area contributed by atoms with Gasteiger partial charge in [-0.15, -0.1) is 0 Å². The van der Waals surface area contributed by atoms with E-state index in [0.29, 0.717) is 0 Å². The molecule has 0 atom stereocenters. The molecule has 2 heteroatoms. The van der Waals surface area contributed by atoms with Gasteiger partial charge in [-0.2, -0.15) is 10.2 Å². The summed E-state index contributed by atoms with van der Waals surface area (Å²) in [6, 6.07) is 13.3. The van der Waals surface area contributed by atoms with Crippen LogP contribution >= 0.6 is 0 Å². The number of aromatic nitrogens is 2. The van der Waals surface area contributed by atoms with E-state index in [1.165, 1.54) is 94.6 Å². The highest BCUT2D eigenvalue weighted by atomic mass is 15.1. The highest BCUT2D eigenvalue weighted by molar-refractivity contribution is 5.58. The van der Waals surface area contributed by atoms with Gasteiger partial charge in [0.05, 0.1) is 11.4 Å². The lowest BCUT2D eigenvalue weighted by molar-refractivity contribution is 0.250. The van der Waals surface area contributed by atoms with Crippen molar-refractivity contribution in [3.8, 4) is 11.3 Å². The lowest BCUT2D eigenvalue weighted by atomic mass is 9.78. The quantitative estimate of drug-likeness (QED) is 0.332. The number of hydrogen-bond acceptors (Lipinski definition) is 2. The molecular weight excluding hydrogens is 364 g/mol. The molecule has 1 saturated carbocycles. The zero-order chi connectivity index (χ0) is 21.0. The fraction of sp³-hybridized carbons (Fsp3) is 0.643. The molecule has 2 nitrogen and oxygen atoms in total. The van der Waals surface area contributed by atoms with Crippen molar-refractivity contribution < 1.29 is 0 Å². The maximum absolute atomic E-state index is 4.48. The molecule has 164 valence electrons. The molecule has 1 aromatic heterocycles. The standard InChI is InChI=1S/C28H42N2/c1-3-5-7-8-10-27-21-22-28(30-29-27)26-19-17-25(18-20-26)16-15-24-13-11-23(12-14-24)9-6-4-2/h17-24H,3-16H2,1-2H3. The summed E-state index contributed by atoms with van der Waals surface area (Å²) in [4.78, 5) is 0. The minimum atomic E-state index is 0.943. The molecule has 1 aliphatic rings. The van der Waals surface area contributed by atoms with Gasteiger partial charge in [0.1, 0.15) is 0 Å². The van der Waals surface area contributed by atoms with Crippen LogP contribution in [0.25, 0.3) is 11.3 Å². The van der Waals surface area contributed by atoms with E-state index in [1.807, 2.05) is 0 Å². The van der Waals surface area contributed by atoms with E-state index >= 15 is 0 Å². The fourth-order valence-electron chi connectivity index (χ4n) is 4.89. The third-order valence-electron chi connectivity index (χ3n) is 7.03. The van der Waals surface area contributed by atoms with Gasteiger partial charge in [0.2, 0.25) is 0 Å². The first-order valence-corrected chi connectivity index (χ1v) is 12.7. The molecule has 0 radical (unpaired) electrons. The van der Waals surface area contributed by atoms with Crippen LogP contribution in [0.15, 0.2) is 36.4 Å². The number of hydrogen-bond donors (Lipinski definition) is 0. The van der Waals surface area contributed by atoms with E-state index < -0.39 is 0 Å². The molecule has 0 bridgehead atoms. The third-order valence-corrected chi connectivity index (χ3v) is 7.03. The predicted molar refractivity (Wildman–Crippen MR) is 129 cm³/mol. The first-order valence-electron chi connectivity index (χ1n) is 12.7. The van der Waals surface area contributed by atoms with Gasteiger partial charge in [-0.3, -0.25) is 0 Å². The molecule has 3 rings (SSSR count). The van der Waals surface area contributed by atoms with Gasteiger partial charge in [0, 0.05) is 5.56 Å². The second kappa shape index (κ2) is 12.9. The fourth-order valence-corrected chi connectivity index (χ4v) is 4.89. The third kappa shape index (κ3) is 7.52. The highest BCUT2D eigenvalue weighted by Gasteiger charge is 2.20. The normalized spacial score (nSPS) is 19.1. The van der Waals surface area contributed by atoms with Gasteiger partial charge in [-0.25, -0.2) is 0 Å². The Bertz CT molecular complexity index is 696. The SMILES string of the molecule is CCCCCCc1ccc(-c2ccc(CCC3CCC(CCCC)CC3)cc2)nn1. The van der Waals surface area contributed by atoms with Crippen molar-refractivity contribution in [1.82, 2.24) is 10.2 Å². The van der Waals surface area contributed by atoms with Crippen LogP contribution in [0.3, 0.4) is 0 Å². The van der Waals surface area contributed by atoms with Gasteiger partial charge >= 0.3 is 0 Å². The lowest BCUT2D eigenvalue weighted by Gasteiger charge is -2.28. The van der Waals surface area contributed by atoms with Crippen molar-refractivity contribution in [2.75, 3.05) is 0 Å². The Morgan fingerprint density at radius 3 is 2.00 bits per heavy atom. The first kappa shape index (κ1) is 23.0. The Morgan fingerprint density at radius 2 is 1.37 bits per heavy atom. The summed E-state index contributed by atoms with van der Waals surface area (Å²) in [5.74, 6) is 1.96. The van der Waals surface area contributed by atoms with E-state index in [4.69, 9.17) is 0 Å². The van der Waals surface area contributed by atoms with Crippen molar-refractivity contribution in [1.29, 1.82) is 0 Å². The monoisotopic (exact) mass is 406 g/mol. The minimum absolute atomic E-state index is 0.943. The van der Waals surface area contributed by atoms with E-state index in [9.17, 15) is 0 Å². The van der Waals surface area contributed by atoms with Gasteiger partial charge < -0.3 is 0 Å². The molecule has 0 aliphatic heterocycles. The summed E-state index contributed by atoms with van der Waals surface area (Å²) in [5, 5.41) is 8.92. The average Bonchev–Trinajstić information content (AvgIpc) is 2.81. The Morgan fingerprint density at radius 1 is 0.667 bits per heavy atom. The molecule has 1 fully saturated rings. The molecule has 0 spiro atoms. The second-order valence-electron chi connectivity index (χ2n) is 9.49. The molecule has 0 N–H and O–H groups in total. The molecule has 30 heavy (non-hydrogen) atoms. The topological polar surface area (TPSA) is 25.8 Å². The molecule has 2 aromatic rings. The molecule has 1 aliphatic carbocycles. The summed E-state index contributed by atoms with van der Waals surface area (Å²) in [6.07, 6.45) is 18.8. The Balaban J connectivity index is 1.41. The number of rotatable bonds is 12. The maximum atomic E-state index is 4.48. The predicted octanol–water partition coefficient (Wildman–Crippen LogP) is 8.20. The molecular formula is C28H42N2. The van der Waals surface area contributed by atoms with E-state index in [0.717, 1.165) is 29.6 Å². The number of benzene rings is 1. The van der Waals surface area contributed by atoms with Crippen LogP contribution < -0.4 is 0 Å². The van der Waals surface area contributed by atoms with Crippen molar-refractivity contribution in [2.45, 2.75) is 104 Å². The number of aryl methyl sites for hydroxylation is 2. The van der Waals surface area contributed by atoms with E-state index in [1.54, 1.807) is 0 Å². The zero-order valence-electron chi connectivity index (χ0n) is 19.4. The molecule has 0 amide bonds. The summed E-state index contributed by atoms with van der Waals surface area (Å²) in [5.41, 5.74) is 4.76. The Hall–Kier alpha value is -1.70. The Kier molecular flexibility index (Phi) is 9.86. The van der Waals surface area contributed by atoms with Crippen LogP contribution in [-0.4, -0.2) is 10.2 Å². The molecule has 1 aromatic carbocycles. The summed E-state index contributed by atoms with van der Waals surface area (Å²) >= 11 is 0. The van der Waals surface area contributed by atoms with Crippen molar-refractivity contribution in [3.05, 3.63) is 47.7 Å². The Labute approximate surface area is 184 Å². The average molecular weight is 407 g/mol. The molecule has 1 heterocycles. The smallest absolute Gasteiger partial charge is 0.0929 e. The zero-order valence-corrected chi connectivity index (χ0v) is 19.4. The highest BCUT2D eigenvalue weighted by Crippen LogP contribution is 2.34. The van der Waals surface area contributed by atoms with Crippen LogP contribution in [0.5, 0.6) is 0 Å². The maximum Gasteiger partial charge on any atom is 0.0929 e. The minimum Gasteiger partial charge on any atom is -0.155 e. The van der Waals surface area contributed by atoms with Crippen LogP contribution in [0.4, 0.5) is 0 Å².